The van der Waals surface area contributed by atoms with E-state index in [9.17, 15) is 4.79 Å². The van der Waals surface area contributed by atoms with Crippen molar-refractivity contribution < 1.29 is 14.6 Å². The molecule has 0 unspecified atom stereocenters. The standard InChI is InChI=1S/C16H21NO3/c1-2-11-20-12-9-16(19)17-15-8-5-7-14(13-15)6-3-4-10-18/h5,7-8,13,18H,2,4,9-12H2,1H3,(H,17,19). The van der Waals surface area contributed by atoms with E-state index >= 15 is 0 Å². The number of hydrogen-bond donors (Lipinski definition) is 2. The van der Waals surface area contributed by atoms with E-state index in [1.165, 1.54) is 0 Å². The van der Waals surface area contributed by atoms with Crippen molar-refractivity contribution in [2.24, 2.45) is 0 Å². The number of aliphatic hydroxyl groups is 1. The van der Waals surface area contributed by atoms with Gasteiger partial charge in [-0.2, -0.15) is 0 Å². The van der Waals surface area contributed by atoms with Crippen LogP contribution in [0.25, 0.3) is 0 Å². The second-order valence-electron chi connectivity index (χ2n) is 4.27. The summed E-state index contributed by atoms with van der Waals surface area (Å²) < 4.78 is 5.27. The van der Waals surface area contributed by atoms with E-state index in [4.69, 9.17) is 9.84 Å². The summed E-state index contributed by atoms with van der Waals surface area (Å²) in [6.45, 7) is 3.21. The Morgan fingerprint density at radius 2 is 2.25 bits per heavy atom. The SMILES string of the molecule is CCCOCCC(=O)Nc1cccc(C#CCCO)c1. The highest BCUT2D eigenvalue weighted by molar-refractivity contribution is 5.90. The third kappa shape index (κ3) is 6.93. The van der Waals surface area contributed by atoms with Crippen LogP contribution in [0.2, 0.25) is 0 Å². The van der Waals surface area contributed by atoms with Crippen LogP contribution in [0.1, 0.15) is 31.7 Å². The number of amides is 1. The van der Waals surface area contributed by atoms with Gasteiger partial charge in [-0.1, -0.05) is 24.8 Å². The summed E-state index contributed by atoms with van der Waals surface area (Å²) in [7, 11) is 0. The van der Waals surface area contributed by atoms with E-state index in [1.54, 1.807) is 0 Å². The number of carbonyl (C=O) groups excluding carboxylic acids is 1. The van der Waals surface area contributed by atoms with Crippen LogP contribution in [-0.2, 0) is 9.53 Å². The fraction of sp³-hybridized carbons (Fsp3) is 0.438. The number of aliphatic hydroxyl groups excluding tert-OH is 1. The minimum atomic E-state index is -0.0680. The van der Waals surface area contributed by atoms with Crippen molar-refractivity contribution in [2.75, 3.05) is 25.1 Å². The first kappa shape index (κ1) is 16.2. The lowest BCUT2D eigenvalue weighted by Gasteiger charge is -2.06. The number of ether oxygens (including phenoxy) is 1. The van der Waals surface area contributed by atoms with Gasteiger partial charge in [0.15, 0.2) is 0 Å². The maximum atomic E-state index is 11.7. The van der Waals surface area contributed by atoms with Crippen LogP contribution in [0.3, 0.4) is 0 Å². The molecule has 0 heterocycles. The van der Waals surface area contributed by atoms with E-state index in [1.807, 2.05) is 31.2 Å². The highest BCUT2D eigenvalue weighted by Gasteiger charge is 2.02. The molecule has 0 aromatic heterocycles. The Labute approximate surface area is 120 Å². The Kier molecular flexibility index (Phi) is 8.13. The Bertz CT molecular complexity index is 474. The normalized spacial score (nSPS) is 9.70. The van der Waals surface area contributed by atoms with E-state index in [-0.39, 0.29) is 12.5 Å². The van der Waals surface area contributed by atoms with Gasteiger partial charge in [-0.3, -0.25) is 4.79 Å². The molecule has 0 fully saturated rings. The average Bonchev–Trinajstić information content (AvgIpc) is 2.44. The Morgan fingerprint density at radius 1 is 1.40 bits per heavy atom. The fourth-order valence-electron chi connectivity index (χ4n) is 1.53. The van der Waals surface area contributed by atoms with Crippen LogP contribution in [-0.4, -0.2) is 30.8 Å². The zero-order chi connectivity index (χ0) is 14.6. The summed E-state index contributed by atoms with van der Waals surface area (Å²) in [5.41, 5.74) is 1.54. The van der Waals surface area contributed by atoms with Gasteiger partial charge in [0.2, 0.25) is 5.91 Å². The Morgan fingerprint density at radius 3 is 3.00 bits per heavy atom. The molecular weight excluding hydrogens is 254 g/mol. The molecule has 20 heavy (non-hydrogen) atoms. The molecule has 2 N–H and O–H groups in total. The first-order valence-electron chi connectivity index (χ1n) is 6.83. The molecule has 4 nitrogen and oxygen atoms in total. The largest absolute Gasteiger partial charge is 0.395 e. The summed E-state index contributed by atoms with van der Waals surface area (Å²) in [5.74, 6) is 5.71. The molecule has 0 atom stereocenters. The van der Waals surface area contributed by atoms with E-state index in [2.05, 4.69) is 17.2 Å². The molecule has 0 saturated carbocycles. The van der Waals surface area contributed by atoms with Gasteiger partial charge in [-0.05, 0) is 24.6 Å². The van der Waals surface area contributed by atoms with Crippen molar-refractivity contribution in [3.05, 3.63) is 29.8 Å². The highest BCUT2D eigenvalue weighted by Crippen LogP contribution is 2.10. The molecule has 0 spiro atoms. The predicted octanol–water partition coefficient (Wildman–Crippen LogP) is 2.18. The highest BCUT2D eigenvalue weighted by atomic mass is 16.5. The molecule has 1 rings (SSSR count). The van der Waals surface area contributed by atoms with Gasteiger partial charge in [0.25, 0.3) is 0 Å². The second-order valence-corrected chi connectivity index (χ2v) is 4.27. The maximum absolute atomic E-state index is 11.7. The number of nitrogens with one attached hydrogen (secondary N) is 1. The van der Waals surface area contributed by atoms with E-state index < -0.39 is 0 Å². The molecule has 108 valence electrons. The number of carbonyl (C=O) groups is 1. The van der Waals surface area contributed by atoms with Crippen molar-refractivity contribution in [1.29, 1.82) is 0 Å². The van der Waals surface area contributed by atoms with Crippen LogP contribution < -0.4 is 5.32 Å². The average molecular weight is 275 g/mol. The van der Waals surface area contributed by atoms with Gasteiger partial charge in [0.1, 0.15) is 0 Å². The van der Waals surface area contributed by atoms with Crippen molar-refractivity contribution in [2.45, 2.75) is 26.2 Å². The number of anilines is 1. The molecular formula is C16H21NO3. The summed E-state index contributed by atoms with van der Waals surface area (Å²) >= 11 is 0. The van der Waals surface area contributed by atoms with Gasteiger partial charge in [0, 0.05) is 24.3 Å². The maximum Gasteiger partial charge on any atom is 0.226 e. The quantitative estimate of drug-likeness (QED) is 0.592. The molecule has 0 bridgehead atoms. The summed E-state index contributed by atoms with van der Waals surface area (Å²) in [4.78, 5) is 11.7. The van der Waals surface area contributed by atoms with Crippen LogP contribution >= 0.6 is 0 Å². The lowest BCUT2D eigenvalue weighted by atomic mass is 10.2. The van der Waals surface area contributed by atoms with Crippen LogP contribution in [0.15, 0.2) is 24.3 Å². The molecule has 0 aliphatic heterocycles. The van der Waals surface area contributed by atoms with Gasteiger partial charge >= 0.3 is 0 Å². The topological polar surface area (TPSA) is 58.6 Å². The minimum Gasteiger partial charge on any atom is -0.395 e. The fourth-order valence-corrected chi connectivity index (χ4v) is 1.53. The van der Waals surface area contributed by atoms with Crippen LogP contribution in [0.5, 0.6) is 0 Å². The number of rotatable bonds is 7. The lowest BCUT2D eigenvalue weighted by molar-refractivity contribution is -0.117. The molecule has 0 aliphatic carbocycles. The molecule has 4 heteroatoms. The van der Waals surface area contributed by atoms with Crippen molar-refractivity contribution in [3.8, 4) is 11.8 Å². The van der Waals surface area contributed by atoms with Crippen molar-refractivity contribution >= 4 is 11.6 Å². The second kappa shape index (κ2) is 10.0. The number of benzene rings is 1. The molecule has 1 amide bonds. The first-order chi connectivity index (χ1) is 9.76. The van der Waals surface area contributed by atoms with Gasteiger partial charge in [0.05, 0.1) is 19.6 Å². The number of hydrogen-bond acceptors (Lipinski definition) is 3. The monoisotopic (exact) mass is 275 g/mol. The van der Waals surface area contributed by atoms with Gasteiger partial charge < -0.3 is 15.2 Å². The summed E-state index contributed by atoms with van der Waals surface area (Å²) in [5, 5.41) is 11.5. The van der Waals surface area contributed by atoms with Gasteiger partial charge in [-0.15, -0.1) is 0 Å². The third-order valence-electron chi connectivity index (χ3n) is 2.44. The Hall–Kier alpha value is -1.83. The third-order valence-corrected chi connectivity index (χ3v) is 2.44. The Balaban J connectivity index is 2.45. The molecule has 0 aliphatic rings. The molecule has 0 radical (unpaired) electrons. The van der Waals surface area contributed by atoms with E-state index in [0.29, 0.717) is 26.1 Å². The zero-order valence-corrected chi connectivity index (χ0v) is 11.8. The molecule has 0 saturated heterocycles. The molecule has 1 aromatic rings. The van der Waals surface area contributed by atoms with Crippen LogP contribution in [0, 0.1) is 11.8 Å². The van der Waals surface area contributed by atoms with Crippen molar-refractivity contribution in [1.82, 2.24) is 0 Å². The zero-order valence-electron chi connectivity index (χ0n) is 11.8. The predicted molar refractivity (Wildman–Crippen MR) is 79.4 cm³/mol. The van der Waals surface area contributed by atoms with Gasteiger partial charge in [-0.25, -0.2) is 0 Å². The lowest BCUT2D eigenvalue weighted by Crippen LogP contribution is -2.14. The van der Waals surface area contributed by atoms with Crippen LogP contribution in [0.4, 0.5) is 5.69 Å². The summed E-state index contributed by atoms with van der Waals surface area (Å²) in [6, 6.07) is 7.34. The summed E-state index contributed by atoms with van der Waals surface area (Å²) in [6.07, 6.45) is 1.75. The minimum absolute atomic E-state index is 0.0567. The smallest absolute Gasteiger partial charge is 0.226 e. The van der Waals surface area contributed by atoms with Crippen molar-refractivity contribution in [3.63, 3.8) is 0 Å². The van der Waals surface area contributed by atoms with E-state index in [0.717, 1.165) is 17.7 Å². The molecule has 1 aromatic carbocycles. The first-order valence-corrected chi connectivity index (χ1v) is 6.83.